The summed E-state index contributed by atoms with van der Waals surface area (Å²) in [5, 5.41) is 6.32. The molecule has 0 atom stereocenters. The van der Waals surface area contributed by atoms with Crippen LogP contribution in [0.2, 0.25) is 0 Å². The summed E-state index contributed by atoms with van der Waals surface area (Å²) in [4.78, 5) is 26.0. The lowest BCUT2D eigenvalue weighted by Crippen LogP contribution is -2.52. The maximum Gasteiger partial charge on any atom is 0.242 e. The molecule has 2 aromatic carbocycles. The van der Waals surface area contributed by atoms with Crippen LogP contribution in [0.5, 0.6) is 0 Å². The number of nitrogens with zero attached hydrogens (tertiary/aromatic N) is 4. The van der Waals surface area contributed by atoms with Gasteiger partial charge in [-0.2, -0.15) is 0 Å². The van der Waals surface area contributed by atoms with Gasteiger partial charge in [0.1, 0.15) is 12.0 Å². The van der Waals surface area contributed by atoms with Crippen molar-refractivity contribution in [3.05, 3.63) is 72.6 Å². The molecule has 0 bridgehead atoms. The van der Waals surface area contributed by atoms with Gasteiger partial charge in [0.2, 0.25) is 11.8 Å². The maximum atomic E-state index is 12.7. The van der Waals surface area contributed by atoms with E-state index in [9.17, 15) is 4.79 Å². The minimum Gasteiger partial charge on any atom is -0.444 e. The summed E-state index contributed by atoms with van der Waals surface area (Å²) < 4.78 is 5.58. The van der Waals surface area contributed by atoms with Crippen molar-refractivity contribution in [1.29, 1.82) is 0 Å². The lowest BCUT2D eigenvalue weighted by atomic mass is 10.2. The molecule has 1 amide bonds. The average molecular weight is 574 g/mol. The summed E-state index contributed by atoms with van der Waals surface area (Å²) in [6.07, 6.45) is 1.62. The first-order valence-electron chi connectivity index (χ1n) is 11.3. The first kappa shape index (κ1) is 25.5. The van der Waals surface area contributed by atoms with E-state index in [0.29, 0.717) is 38.0 Å². The number of rotatable bonds is 7. The van der Waals surface area contributed by atoms with Crippen LogP contribution in [0, 0.1) is 0 Å². The Labute approximate surface area is 217 Å². The number of hydrogen-bond donors (Lipinski definition) is 2. The van der Waals surface area contributed by atoms with Gasteiger partial charge in [0.05, 0.1) is 13.1 Å². The number of piperazine rings is 1. The molecule has 1 fully saturated rings. The summed E-state index contributed by atoms with van der Waals surface area (Å²) in [5.41, 5.74) is 2.86. The predicted molar refractivity (Wildman–Crippen MR) is 145 cm³/mol. The highest BCUT2D eigenvalue weighted by Gasteiger charge is 2.21. The quantitative estimate of drug-likeness (QED) is 0.256. The van der Waals surface area contributed by atoms with Gasteiger partial charge in [-0.25, -0.2) is 9.98 Å². The van der Waals surface area contributed by atoms with Crippen LogP contribution in [0.15, 0.2) is 76.3 Å². The second-order valence-corrected chi connectivity index (χ2v) is 7.76. The van der Waals surface area contributed by atoms with Crippen molar-refractivity contribution in [1.82, 2.24) is 20.5 Å². The number of guanidine groups is 1. The second kappa shape index (κ2) is 13.0. The first-order chi connectivity index (χ1) is 16.2. The van der Waals surface area contributed by atoms with Crippen LogP contribution in [-0.2, 0) is 11.3 Å². The van der Waals surface area contributed by atoms with Crippen molar-refractivity contribution in [3.63, 3.8) is 0 Å². The minimum atomic E-state index is 0. The summed E-state index contributed by atoms with van der Waals surface area (Å²) in [5.74, 6) is 1.22. The largest absolute Gasteiger partial charge is 0.444 e. The Bertz CT molecular complexity index is 1050. The number of carbonyl (C=O) groups excluding carboxylic acids is 1. The second-order valence-electron chi connectivity index (χ2n) is 7.76. The number of halogens is 1. The number of oxazole rings is 1. The molecule has 1 aliphatic heterocycles. The Balaban J connectivity index is 0.00000324. The molecule has 9 heteroatoms. The van der Waals surface area contributed by atoms with E-state index in [2.05, 4.69) is 37.6 Å². The topological polar surface area (TPSA) is 86.0 Å². The molecule has 34 heavy (non-hydrogen) atoms. The Kier molecular flexibility index (Phi) is 9.75. The lowest BCUT2D eigenvalue weighted by Gasteiger charge is -2.36. The van der Waals surface area contributed by atoms with E-state index in [1.807, 2.05) is 60.4 Å². The zero-order valence-electron chi connectivity index (χ0n) is 19.3. The highest BCUT2D eigenvalue weighted by Crippen LogP contribution is 2.18. The standard InChI is InChI=1S/C25H30N6O2.HI/c1-2-26-25(27-17-21-19-33-24(29-21)20-9-5-3-6-10-20)28-18-23(32)31-15-13-30(14-16-31)22-11-7-4-8-12-22;/h3-12,19H,2,13-18H2,1H3,(H2,26,27,28);1H. The molecular formula is C25H31IN6O2. The normalized spacial score (nSPS) is 13.9. The number of nitrogens with one attached hydrogen (secondary N) is 2. The third-order valence-electron chi connectivity index (χ3n) is 5.48. The van der Waals surface area contributed by atoms with Crippen molar-refractivity contribution in [2.24, 2.45) is 4.99 Å². The molecule has 1 aromatic heterocycles. The minimum absolute atomic E-state index is 0. The van der Waals surface area contributed by atoms with E-state index >= 15 is 0 Å². The van der Waals surface area contributed by atoms with Crippen molar-refractivity contribution < 1.29 is 9.21 Å². The summed E-state index contributed by atoms with van der Waals surface area (Å²) in [7, 11) is 0. The number of anilines is 1. The lowest BCUT2D eigenvalue weighted by molar-refractivity contribution is -0.130. The average Bonchev–Trinajstić information content (AvgIpc) is 3.36. The van der Waals surface area contributed by atoms with Gasteiger partial charge >= 0.3 is 0 Å². The van der Waals surface area contributed by atoms with Crippen LogP contribution in [0.25, 0.3) is 11.5 Å². The molecule has 2 N–H and O–H groups in total. The highest BCUT2D eigenvalue weighted by atomic mass is 127. The van der Waals surface area contributed by atoms with Gasteiger partial charge in [0.15, 0.2) is 5.96 Å². The molecule has 0 saturated carbocycles. The molecule has 0 aliphatic carbocycles. The highest BCUT2D eigenvalue weighted by molar-refractivity contribution is 14.0. The van der Waals surface area contributed by atoms with Crippen LogP contribution in [0.1, 0.15) is 12.6 Å². The van der Waals surface area contributed by atoms with Crippen LogP contribution in [-0.4, -0.2) is 61.0 Å². The first-order valence-corrected chi connectivity index (χ1v) is 11.3. The number of benzene rings is 2. The number of carbonyl (C=O) groups is 1. The molecule has 1 aliphatic rings. The van der Waals surface area contributed by atoms with Crippen LogP contribution in [0.4, 0.5) is 5.69 Å². The fourth-order valence-electron chi connectivity index (χ4n) is 3.72. The van der Waals surface area contributed by atoms with Gasteiger partial charge in [0, 0.05) is 44.0 Å². The number of aliphatic imine (C=N–C) groups is 1. The molecule has 180 valence electrons. The van der Waals surface area contributed by atoms with Crippen molar-refractivity contribution in [2.45, 2.75) is 13.5 Å². The van der Waals surface area contributed by atoms with E-state index in [4.69, 9.17) is 4.42 Å². The monoisotopic (exact) mass is 574 g/mol. The Hall–Kier alpha value is -3.08. The van der Waals surface area contributed by atoms with E-state index in [0.717, 1.165) is 24.3 Å². The Morgan fingerprint density at radius 2 is 1.68 bits per heavy atom. The molecule has 0 unspecified atom stereocenters. The van der Waals surface area contributed by atoms with Gasteiger partial charge in [-0.05, 0) is 31.2 Å². The molecule has 3 aromatic rings. The summed E-state index contributed by atoms with van der Waals surface area (Å²) in [6.45, 7) is 6.34. The van der Waals surface area contributed by atoms with Gasteiger partial charge in [-0.3, -0.25) is 4.79 Å². The van der Waals surface area contributed by atoms with Crippen LogP contribution < -0.4 is 15.5 Å². The molecule has 1 saturated heterocycles. The Morgan fingerprint density at radius 1 is 1.00 bits per heavy atom. The van der Waals surface area contributed by atoms with E-state index in [1.54, 1.807) is 6.26 Å². The number of hydrogen-bond acceptors (Lipinski definition) is 5. The molecule has 0 radical (unpaired) electrons. The van der Waals surface area contributed by atoms with E-state index in [-0.39, 0.29) is 36.4 Å². The predicted octanol–water partition coefficient (Wildman–Crippen LogP) is 3.36. The van der Waals surface area contributed by atoms with Gasteiger partial charge in [-0.1, -0.05) is 36.4 Å². The smallest absolute Gasteiger partial charge is 0.242 e. The molecule has 8 nitrogen and oxygen atoms in total. The molecule has 0 spiro atoms. The van der Waals surface area contributed by atoms with Crippen LogP contribution >= 0.6 is 24.0 Å². The third-order valence-corrected chi connectivity index (χ3v) is 5.48. The SMILES string of the molecule is CCNC(=NCc1coc(-c2ccccc2)n1)NCC(=O)N1CCN(c2ccccc2)CC1.I. The number of aromatic nitrogens is 1. The molecule has 2 heterocycles. The van der Waals surface area contributed by atoms with E-state index in [1.165, 1.54) is 5.69 Å². The fourth-order valence-corrected chi connectivity index (χ4v) is 3.72. The third kappa shape index (κ3) is 6.96. The Morgan fingerprint density at radius 3 is 2.35 bits per heavy atom. The maximum absolute atomic E-state index is 12.7. The number of para-hydroxylation sites is 1. The number of amides is 1. The van der Waals surface area contributed by atoms with Crippen LogP contribution in [0.3, 0.4) is 0 Å². The van der Waals surface area contributed by atoms with Gasteiger partial charge in [0.25, 0.3) is 0 Å². The van der Waals surface area contributed by atoms with Crippen molar-refractivity contribution in [3.8, 4) is 11.5 Å². The van der Waals surface area contributed by atoms with Crippen molar-refractivity contribution in [2.75, 3.05) is 44.2 Å². The van der Waals surface area contributed by atoms with Gasteiger partial charge < -0.3 is 24.9 Å². The zero-order valence-corrected chi connectivity index (χ0v) is 21.6. The molecule has 4 rings (SSSR count). The van der Waals surface area contributed by atoms with Crippen molar-refractivity contribution >= 4 is 41.5 Å². The zero-order chi connectivity index (χ0) is 22.9. The molecular weight excluding hydrogens is 543 g/mol. The fraction of sp³-hybridized carbons (Fsp3) is 0.320. The summed E-state index contributed by atoms with van der Waals surface area (Å²) >= 11 is 0. The summed E-state index contributed by atoms with van der Waals surface area (Å²) in [6, 6.07) is 20.1. The van der Waals surface area contributed by atoms with E-state index < -0.39 is 0 Å². The van der Waals surface area contributed by atoms with Gasteiger partial charge in [-0.15, -0.1) is 24.0 Å².